The van der Waals surface area contributed by atoms with Crippen LogP contribution in [0.5, 0.6) is 0 Å². The summed E-state index contributed by atoms with van der Waals surface area (Å²) in [6, 6.07) is 0. The van der Waals surface area contributed by atoms with Crippen LogP contribution >= 0.6 is 0 Å². The summed E-state index contributed by atoms with van der Waals surface area (Å²) < 4.78 is 26.4. The smallest absolute Gasteiger partial charge is 0.304 e. The predicted octanol–water partition coefficient (Wildman–Crippen LogP) is 0.382. The van der Waals surface area contributed by atoms with Gasteiger partial charge in [0.2, 0.25) is 0 Å². The first-order valence-electron chi connectivity index (χ1n) is 4.15. The van der Waals surface area contributed by atoms with E-state index in [9.17, 15) is 13.2 Å². The average molecular weight is 220 g/mol. The van der Waals surface area contributed by atoms with Gasteiger partial charge in [0, 0.05) is 5.92 Å². The van der Waals surface area contributed by atoms with Crippen LogP contribution in [0.3, 0.4) is 0 Å². The van der Waals surface area contributed by atoms with Crippen LogP contribution in [0.1, 0.15) is 12.8 Å². The van der Waals surface area contributed by atoms with Crippen LogP contribution < -0.4 is 0 Å². The van der Waals surface area contributed by atoms with Crippen molar-refractivity contribution in [3.05, 3.63) is 12.2 Å². The molecule has 0 fully saturated rings. The minimum Gasteiger partial charge on any atom is -0.481 e. The zero-order valence-electron chi connectivity index (χ0n) is 7.71. The standard InChI is InChI=1S/C8H12O5S/c1-14(11,12)13-7-4-2-3-6(7)5-8(9)10/h2-3,6-7H,4-5H2,1H3,(H,9,10)/t6-,7+/m1/s1. The molecule has 1 rings (SSSR count). The normalized spacial score (nSPS) is 26.6. The summed E-state index contributed by atoms with van der Waals surface area (Å²) in [5.41, 5.74) is 0. The lowest BCUT2D eigenvalue weighted by atomic mass is 10.0. The molecule has 6 heteroatoms. The van der Waals surface area contributed by atoms with Crippen LogP contribution in [-0.4, -0.2) is 31.9 Å². The molecular weight excluding hydrogens is 208 g/mol. The van der Waals surface area contributed by atoms with Gasteiger partial charge in [0.05, 0.1) is 18.8 Å². The highest BCUT2D eigenvalue weighted by Gasteiger charge is 2.28. The maximum absolute atomic E-state index is 10.8. The molecular formula is C8H12O5S. The van der Waals surface area contributed by atoms with Crippen LogP contribution in [0.25, 0.3) is 0 Å². The van der Waals surface area contributed by atoms with Gasteiger partial charge in [-0.15, -0.1) is 0 Å². The zero-order chi connectivity index (χ0) is 10.8. The number of hydrogen-bond donors (Lipinski definition) is 1. The Kier molecular flexibility index (Phi) is 3.28. The van der Waals surface area contributed by atoms with Crippen molar-refractivity contribution < 1.29 is 22.5 Å². The van der Waals surface area contributed by atoms with E-state index in [0.717, 1.165) is 6.26 Å². The Hall–Kier alpha value is -0.880. The number of aliphatic carboxylic acids is 1. The highest BCUT2D eigenvalue weighted by atomic mass is 32.2. The van der Waals surface area contributed by atoms with Crippen molar-refractivity contribution in [1.29, 1.82) is 0 Å². The third kappa shape index (κ3) is 3.47. The first kappa shape index (κ1) is 11.2. The Morgan fingerprint density at radius 3 is 2.79 bits per heavy atom. The van der Waals surface area contributed by atoms with Crippen molar-refractivity contribution in [3.8, 4) is 0 Å². The maximum atomic E-state index is 10.8. The molecule has 0 spiro atoms. The Bertz CT molecular complexity index is 343. The monoisotopic (exact) mass is 220 g/mol. The van der Waals surface area contributed by atoms with Gasteiger partial charge in [0.25, 0.3) is 10.1 Å². The third-order valence-electron chi connectivity index (χ3n) is 1.94. The quantitative estimate of drug-likeness (QED) is 0.547. The van der Waals surface area contributed by atoms with Gasteiger partial charge in [0.1, 0.15) is 0 Å². The van der Waals surface area contributed by atoms with Crippen molar-refractivity contribution in [2.45, 2.75) is 18.9 Å². The molecule has 0 radical (unpaired) electrons. The predicted molar refractivity (Wildman–Crippen MR) is 49.2 cm³/mol. The Morgan fingerprint density at radius 2 is 2.29 bits per heavy atom. The number of hydrogen-bond acceptors (Lipinski definition) is 4. The van der Waals surface area contributed by atoms with E-state index in [2.05, 4.69) is 0 Å². The van der Waals surface area contributed by atoms with E-state index in [-0.39, 0.29) is 12.3 Å². The molecule has 0 heterocycles. The summed E-state index contributed by atoms with van der Waals surface area (Å²) in [7, 11) is -3.51. The maximum Gasteiger partial charge on any atom is 0.304 e. The van der Waals surface area contributed by atoms with E-state index in [1.807, 2.05) is 0 Å². The van der Waals surface area contributed by atoms with E-state index in [4.69, 9.17) is 9.29 Å². The van der Waals surface area contributed by atoms with Crippen LogP contribution in [0.15, 0.2) is 12.2 Å². The Morgan fingerprint density at radius 1 is 1.64 bits per heavy atom. The fraction of sp³-hybridized carbons (Fsp3) is 0.625. The molecule has 0 bridgehead atoms. The zero-order valence-corrected chi connectivity index (χ0v) is 8.53. The molecule has 80 valence electrons. The highest BCUT2D eigenvalue weighted by Crippen LogP contribution is 2.25. The van der Waals surface area contributed by atoms with Crippen molar-refractivity contribution >= 4 is 16.1 Å². The highest BCUT2D eigenvalue weighted by molar-refractivity contribution is 7.86. The number of rotatable bonds is 4. The van der Waals surface area contributed by atoms with Crippen LogP contribution in [0.4, 0.5) is 0 Å². The summed E-state index contributed by atoms with van der Waals surface area (Å²) in [4.78, 5) is 10.4. The van der Waals surface area contributed by atoms with Crippen molar-refractivity contribution in [2.75, 3.05) is 6.26 Å². The minimum atomic E-state index is -3.51. The van der Waals surface area contributed by atoms with Gasteiger partial charge in [-0.05, 0) is 6.42 Å². The summed E-state index contributed by atoms with van der Waals surface area (Å²) in [6.07, 6.45) is 4.18. The molecule has 0 amide bonds. The van der Waals surface area contributed by atoms with E-state index in [0.29, 0.717) is 6.42 Å². The lowest BCUT2D eigenvalue weighted by Crippen LogP contribution is -2.24. The minimum absolute atomic E-state index is 0.101. The Labute approximate surface area is 82.5 Å². The summed E-state index contributed by atoms with van der Waals surface area (Å²) in [5.74, 6) is -1.30. The van der Waals surface area contributed by atoms with Gasteiger partial charge in [-0.3, -0.25) is 8.98 Å². The molecule has 0 aromatic rings. The SMILES string of the molecule is CS(=O)(=O)O[C@H]1CC=C[C@@H]1CC(=O)O. The van der Waals surface area contributed by atoms with Crippen molar-refractivity contribution in [3.63, 3.8) is 0 Å². The molecule has 0 aliphatic heterocycles. The van der Waals surface area contributed by atoms with E-state index in [1.165, 1.54) is 0 Å². The third-order valence-corrected chi connectivity index (χ3v) is 2.53. The number of carboxylic acid groups (broad SMARTS) is 1. The summed E-state index contributed by atoms with van der Waals surface area (Å²) in [6.45, 7) is 0. The second kappa shape index (κ2) is 4.10. The first-order valence-corrected chi connectivity index (χ1v) is 5.97. The topological polar surface area (TPSA) is 80.7 Å². The average Bonchev–Trinajstić information content (AvgIpc) is 2.32. The van der Waals surface area contributed by atoms with Gasteiger partial charge < -0.3 is 5.11 Å². The molecule has 0 saturated carbocycles. The van der Waals surface area contributed by atoms with Crippen LogP contribution in [-0.2, 0) is 19.1 Å². The van der Waals surface area contributed by atoms with Gasteiger partial charge in [-0.25, -0.2) is 0 Å². The fourth-order valence-corrected chi connectivity index (χ4v) is 2.09. The lowest BCUT2D eigenvalue weighted by molar-refractivity contribution is -0.138. The van der Waals surface area contributed by atoms with Crippen LogP contribution in [0, 0.1) is 5.92 Å². The molecule has 2 atom stereocenters. The number of carbonyl (C=O) groups is 1. The second-order valence-corrected chi connectivity index (χ2v) is 4.87. The van der Waals surface area contributed by atoms with E-state index >= 15 is 0 Å². The van der Waals surface area contributed by atoms with Gasteiger partial charge in [-0.2, -0.15) is 8.42 Å². The van der Waals surface area contributed by atoms with Gasteiger partial charge in [0.15, 0.2) is 0 Å². The molecule has 0 aromatic heterocycles. The van der Waals surface area contributed by atoms with Crippen molar-refractivity contribution in [1.82, 2.24) is 0 Å². The second-order valence-electron chi connectivity index (χ2n) is 3.26. The summed E-state index contributed by atoms with van der Waals surface area (Å²) in [5, 5.41) is 8.55. The first-order chi connectivity index (χ1) is 6.38. The molecule has 1 aliphatic rings. The van der Waals surface area contributed by atoms with Crippen molar-refractivity contribution in [2.24, 2.45) is 5.92 Å². The molecule has 0 aromatic carbocycles. The van der Waals surface area contributed by atoms with E-state index < -0.39 is 22.2 Å². The largest absolute Gasteiger partial charge is 0.481 e. The molecule has 1 aliphatic carbocycles. The Balaban J connectivity index is 2.59. The molecule has 14 heavy (non-hydrogen) atoms. The molecule has 5 nitrogen and oxygen atoms in total. The lowest BCUT2D eigenvalue weighted by Gasteiger charge is -2.16. The molecule has 0 saturated heterocycles. The molecule has 0 unspecified atom stereocenters. The molecule has 1 N–H and O–H groups in total. The van der Waals surface area contributed by atoms with E-state index in [1.54, 1.807) is 12.2 Å². The summed E-state index contributed by atoms with van der Waals surface area (Å²) >= 11 is 0. The van der Waals surface area contributed by atoms with Crippen LogP contribution in [0.2, 0.25) is 0 Å². The number of carboxylic acids is 1. The fourth-order valence-electron chi connectivity index (χ4n) is 1.42. The van der Waals surface area contributed by atoms with Gasteiger partial charge in [-0.1, -0.05) is 12.2 Å². The van der Waals surface area contributed by atoms with Gasteiger partial charge >= 0.3 is 5.97 Å².